The molecule has 1 saturated heterocycles. The minimum Gasteiger partial charge on any atom is -0.379 e. The van der Waals surface area contributed by atoms with E-state index in [0.29, 0.717) is 13.2 Å². The smallest absolute Gasteiger partial charge is 0.315 e. The van der Waals surface area contributed by atoms with Gasteiger partial charge in [0.25, 0.3) is 0 Å². The lowest BCUT2D eigenvalue weighted by Crippen LogP contribution is -2.50. The van der Waals surface area contributed by atoms with Crippen molar-refractivity contribution in [3.8, 4) is 0 Å². The quantitative estimate of drug-likeness (QED) is 0.577. The van der Waals surface area contributed by atoms with E-state index in [1.54, 1.807) is 0 Å². The highest BCUT2D eigenvalue weighted by atomic mass is 16.5. The molecule has 5 nitrogen and oxygen atoms in total. The molecule has 80 valence electrons. The van der Waals surface area contributed by atoms with Crippen LogP contribution in [0.25, 0.3) is 0 Å². The minimum absolute atomic E-state index is 0.108. The average Bonchev–Trinajstić information content (AvgIpc) is 2.74. The molecule has 2 rings (SSSR count). The van der Waals surface area contributed by atoms with Gasteiger partial charge in [0.1, 0.15) is 0 Å². The van der Waals surface area contributed by atoms with E-state index in [9.17, 15) is 4.79 Å². The van der Waals surface area contributed by atoms with Crippen LogP contribution in [0.5, 0.6) is 0 Å². The summed E-state index contributed by atoms with van der Waals surface area (Å²) in [6.45, 7) is 1.90. The lowest BCUT2D eigenvalue weighted by Gasteiger charge is -2.17. The molecule has 0 aromatic rings. The Labute approximate surface area is 83.4 Å². The van der Waals surface area contributed by atoms with Crippen molar-refractivity contribution in [1.29, 1.82) is 0 Å². The Kier molecular flexibility index (Phi) is 2.60. The van der Waals surface area contributed by atoms with Crippen molar-refractivity contribution < 1.29 is 9.53 Å². The van der Waals surface area contributed by atoms with E-state index in [0.717, 1.165) is 25.9 Å². The molecule has 0 aromatic heterocycles. The molecule has 2 fully saturated rings. The number of amides is 2. The predicted molar refractivity (Wildman–Crippen MR) is 51.9 cm³/mol. The van der Waals surface area contributed by atoms with Gasteiger partial charge in [-0.1, -0.05) is 0 Å². The normalized spacial score (nSPS) is 28.5. The van der Waals surface area contributed by atoms with Crippen LogP contribution in [0, 0.1) is 0 Å². The molecule has 1 heterocycles. The summed E-state index contributed by atoms with van der Waals surface area (Å²) in [4.78, 5) is 11.5. The number of nitrogens with two attached hydrogens (primary N) is 1. The van der Waals surface area contributed by atoms with E-state index in [2.05, 4.69) is 10.6 Å². The van der Waals surface area contributed by atoms with E-state index in [-0.39, 0.29) is 17.6 Å². The molecule has 0 radical (unpaired) electrons. The van der Waals surface area contributed by atoms with Crippen LogP contribution in [0.4, 0.5) is 4.79 Å². The molecule has 2 amide bonds. The van der Waals surface area contributed by atoms with Gasteiger partial charge in [-0.25, -0.2) is 4.79 Å². The first-order valence-electron chi connectivity index (χ1n) is 5.11. The summed E-state index contributed by atoms with van der Waals surface area (Å²) in [6.07, 6.45) is 2.90. The first-order chi connectivity index (χ1) is 6.74. The van der Waals surface area contributed by atoms with Crippen LogP contribution in [-0.2, 0) is 4.74 Å². The number of rotatable bonds is 3. The second kappa shape index (κ2) is 3.74. The highest BCUT2D eigenvalue weighted by Crippen LogP contribution is 2.33. The van der Waals surface area contributed by atoms with Crippen molar-refractivity contribution in [2.24, 2.45) is 5.73 Å². The Morgan fingerprint density at radius 2 is 2.36 bits per heavy atom. The molecule has 2 aliphatic rings. The predicted octanol–water partition coefficient (Wildman–Crippen LogP) is -0.434. The van der Waals surface area contributed by atoms with Crippen molar-refractivity contribution in [3.05, 3.63) is 0 Å². The maximum absolute atomic E-state index is 11.5. The van der Waals surface area contributed by atoms with Gasteiger partial charge in [0.05, 0.1) is 18.2 Å². The van der Waals surface area contributed by atoms with E-state index in [4.69, 9.17) is 10.5 Å². The molecule has 0 aromatic carbocycles. The summed E-state index contributed by atoms with van der Waals surface area (Å²) in [5, 5.41) is 5.79. The molecule has 14 heavy (non-hydrogen) atoms. The molecule has 1 atom stereocenters. The fourth-order valence-corrected chi connectivity index (χ4v) is 1.64. The van der Waals surface area contributed by atoms with Crippen molar-refractivity contribution in [3.63, 3.8) is 0 Å². The molecule has 1 aliphatic heterocycles. The van der Waals surface area contributed by atoms with E-state index >= 15 is 0 Å². The molecular weight excluding hydrogens is 182 g/mol. The Bertz CT molecular complexity index is 222. The summed E-state index contributed by atoms with van der Waals surface area (Å²) < 4.78 is 5.16. The monoisotopic (exact) mass is 199 g/mol. The summed E-state index contributed by atoms with van der Waals surface area (Å²) >= 11 is 0. The number of hydrogen-bond donors (Lipinski definition) is 3. The van der Waals surface area contributed by atoms with Crippen molar-refractivity contribution in [1.82, 2.24) is 10.6 Å². The minimum atomic E-state index is -0.108. The third kappa shape index (κ3) is 2.16. The largest absolute Gasteiger partial charge is 0.379 e. The second-order valence-corrected chi connectivity index (χ2v) is 4.14. The molecule has 1 aliphatic carbocycles. The third-order valence-corrected chi connectivity index (χ3v) is 2.89. The van der Waals surface area contributed by atoms with E-state index in [1.165, 1.54) is 0 Å². The van der Waals surface area contributed by atoms with Gasteiger partial charge in [-0.05, 0) is 19.3 Å². The van der Waals surface area contributed by atoms with Gasteiger partial charge in [0.2, 0.25) is 0 Å². The SMILES string of the molecule is NCC1(NC(=O)NC2CCOC2)CC1. The Morgan fingerprint density at radius 3 is 2.86 bits per heavy atom. The van der Waals surface area contributed by atoms with Gasteiger partial charge in [-0.15, -0.1) is 0 Å². The molecule has 0 bridgehead atoms. The standard InChI is InChI=1S/C9H17N3O2/c10-6-9(2-3-9)12-8(13)11-7-1-4-14-5-7/h7H,1-6,10H2,(H2,11,12,13). The third-order valence-electron chi connectivity index (χ3n) is 2.89. The van der Waals surface area contributed by atoms with Crippen LogP contribution >= 0.6 is 0 Å². The summed E-state index contributed by atoms with van der Waals surface area (Å²) in [5.74, 6) is 0. The molecule has 0 spiro atoms. The number of urea groups is 1. The zero-order valence-electron chi connectivity index (χ0n) is 8.21. The number of carbonyl (C=O) groups is 1. The van der Waals surface area contributed by atoms with Gasteiger partial charge < -0.3 is 21.1 Å². The molecule has 1 unspecified atom stereocenters. The van der Waals surface area contributed by atoms with Gasteiger partial charge in [-0.3, -0.25) is 0 Å². The highest BCUT2D eigenvalue weighted by molar-refractivity contribution is 5.75. The van der Waals surface area contributed by atoms with E-state index < -0.39 is 0 Å². The van der Waals surface area contributed by atoms with Crippen LogP contribution in [0.2, 0.25) is 0 Å². The van der Waals surface area contributed by atoms with Crippen molar-refractivity contribution in [2.75, 3.05) is 19.8 Å². The highest BCUT2D eigenvalue weighted by Gasteiger charge is 2.42. The summed E-state index contributed by atoms with van der Waals surface area (Å²) in [7, 11) is 0. The maximum Gasteiger partial charge on any atom is 0.315 e. The Morgan fingerprint density at radius 1 is 1.57 bits per heavy atom. The maximum atomic E-state index is 11.5. The number of ether oxygens (including phenoxy) is 1. The molecule has 4 N–H and O–H groups in total. The Balaban J connectivity index is 1.73. The fourth-order valence-electron chi connectivity index (χ4n) is 1.64. The second-order valence-electron chi connectivity index (χ2n) is 4.14. The summed E-state index contributed by atoms with van der Waals surface area (Å²) in [6, 6.07) is 0.0621. The number of nitrogens with one attached hydrogen (secondary N) is 2. The zero-order chi connectivity index (χ0) is 10.0. The van der Waals surface area contributed by atoms with Crippen LogP contribution < -0.4 is 16.4 Å². The van der Waals surface area contributed by atoms with Crippen LogP contribution in [0.1, 0.15) is 19.3 Å². The van der Waals surface area contributed by atoms with Gasteiger partial charge in [0, 0.05) is 13.2 Å². The topological polar surface area (TPSA) is 76.4 Å². The van der Waals surface area contributed by atoms with E-state index in [1.807, 2.05) is 0 Å². The summed E-state index contributed by atoms with van der Waals surface area (Å²) in [5.41, 5.74) is 5.45. The van der Waals surface area contributed by atoms with Gasteiger partial charge in [0.15, 0.2) is 0 Å². The fraction of sp³-hybridized carbons (Fsp3) is 0.889. The lowest BCUT2D eigenvalue weighted by atomic mass is 10.2. The van der Waals surface area contributed by atoms with Crippen molar-refractivity contribution in [2.45, 2.75) is 30.8 Å². The van der Waals surface area contributed by atoms with Crippen LogP contribution in [0.3, 0.4) is 0 Å². The molecule has 1 saturated carbocycles. The van der Waals surface area contributed by atoms with Crippen LogP contribution in [-0.4, -0.2) is 37.4 Å². The molecular formula is C9H17N3O2. The number of hydrogen-bond acceptors (Lipinski definition) is 3. The zero-order valence-corrected chi connectivity index (χ0v) is 8.21. The van der Waals surface area contributed by atoms with Gasteiger partial charge in [-0.2, -0.15) is 0 Å². The first kappa shape index (κ1) is 9.73. The molecule has 5 heteroatoms. The first-order valence-corrected chi connectivity index (χ1v) is 5.11. The average molecular weight is 199 g/mol. The Hall–Kier alpha value is -0.810. The van der Waals surface area contributed by atoms with Crippen molar-refractivity contribution >= 4 is 6.03 Å². The van der Waals surface area contributed by atoms with Crippen LogP contribution in [0.15, 0.2) is 0 Å². The lowest BCUT2D eigenvalue weighted by molar-refractivity contribution is 0.188. The van der Waals surface area contributed by atoms with Gasteiger partial charge >= 0.3 is 6.03 Å². The number of carbonyl (C=O) groups excluding carboxylic acids is 1.